The van der Waals surface area contributed by atoms with Gasteiger partial charge in [-0.2, -0.15) is 0 Å². The number of esters is 1. The molecule has 350 valence electrons. The second-order valence-corrected chi connectivity index (χ2v) is 18.1. The van der Waals surface area contributed by atoms with Crippen LogP contribution in [0.5, 0.6) is 0 Å². The number of hydrogen-bond donors (Lipinski definition) is 0. The zero-order valence-electron chi connectivity index (χ0n) is 40.7. The Labute approximate surface area is 368 Å². The number of unbranched alkanes of at least 4 members (excludes halogenated alkanes) is 19. The SMILES string of the molecule is C=C(CCCCCOC(CCCCCCCC(=O)OCCC(CCCCC)CCCCC)C(=O)N(CC)CCCCCCCC)OCCC(CCCCC)CCCCC. The van der Waals surface area contributed by atoms with E-state index in [9.17, 15) is 9.59 Å². The average molecular weight is 834 g/mol. The average Bonchev–Trinajstić information content (AvgIpc) is 3.23. The molecule has 0 heterocycles. The molecule has 0 aliphatic carbocycles. The first-order valence-electron chi connectivity index (χ1n) is 26.2. The molecule has 0 aliphatic heterocycles. The molecule has 1 unspecified atom stereocenters. The van der Waals surface area contributed by atoms with Crippen molar-refractivity contribution in [2.45, 2.75) is 272 Å². The highest BCUT2D eigenvalue weighted by Crippen LogP contribution is 2.23. The van der Waals surface area contributed by atoms with Crippen molar-refractivity contribution in [1.29, 1.82) is 0 Å². The van der Waals surface area contributed by atoms with Crippen molar-refractivity contribution in [3.05, 3.63) is 12.3 Å². The van der Waals surface area contributed by atoms with Crippen molar-refractivity contribution >= 4 is 11.9 Å². The molecule has 0 aromatic rings. The highest BCUT2D eigenvalue weighted by Gasteiger charge is 2.24. The van der Waals surface area contributed by atoms with Gasteiger partial charge in [-0.3, -0.25) is 9.59 Å². The molecule has 6 heteroatoms. The number of hydrogen-bond acceptors (Lipinski definition) is 5. The molecule has 1 atom stereocenters. The van der Waals surface area contributed by atoms with Crippen LogP contribution in [-0.2, 0) is 23.8 Å². The molecule has 0 saturated carbocycles. The molecule has 0 radical (unpaired) electrons. The van der Waals surface area contributed by atoms with E-state index in [2.05, 4.69) is 48.1 Å². The Morgan fingerprint density at radius 2 is 0.864 bits per heavy atom. The van der Waals surface area contributed by atoms with Gasteiger partial charge in [0, 0.05) is 32.5 Å². The van der Waals surface area contributed by atoms with E-state index >= 15 is 0 Å². The Kier molecular flexibility index (Phi) is 43.3. The predicted octanol–water partition coefficient (Wildman–Crippen LogP) is 16.3. The molecule has 0 aromatic heterocycles. The number of ether oxygens (including phenoxy) is 3. The van der Waals surface area contributed by atoms with Gasteiger partial charge in [0.05, 0.1) is 19.0 Å². The van der Waals surface area contributed by atoms with Crippen LogP contribution in [0.1, 0.15) is 266 Å². The van der Waals surface area contributed by atoms with E-state index in [1.54, 1.807) is 0 Å². The fourth-order valence-electron chi connectivity index (χ4n) is 8.40. The molecule has 0 saturated heterocycles. The van der Waals surface area contributed by atoms with Gasteiger partial charge in [0.2, 0.25) is 0 Å². The summed E-state index contributed by atoms with van der Waals surface area (Å²) in [6.45, 7) is 21.2. The van der Waals surface area contributed by atoms with Gasteiger partial charge in [-0.15, -0.1) is 0 Å². The lowest BCUT2D eigenvalue weighted by atomic mass is 9.92. The summed E-state index contributed by atoms with van der Waals surface area (Å²) in [5, 5.41) is 0. The predicted molar refractivity (Wildman–Crippen MR) is 255 cm³/mol. The standard InChI is InChI=1S/C53H103NO5/c1-8-14-19-20-24-33-44-54(13-6)53(56)51(58-45-34-25-30-35-48(7)57-46-42-49(36-26-15-9-2)37-27-16-10-3)40-31-22-21-23-32-41-52(55)59-47-43-50(38-28-17-11-4)39-29-18-12-5/h49-51H,7-47H2,1-6H3. The van der Waals surface area contributed by atoms with E-state index in [0.29, 0.717) is 25.6 Å². The van der Waals surface area contributed by atoms with Crippen LogP contribution < -0.4 is 0 Å². The quantitative estimate of drug-likeness (QED) is 0.0347. The maximum Gasteiger partial charge on any atom is 0.305 e. The van der Waals surface area contributed by atoms with E-state index in [-0.39, 0.29) is 18.0 Å². The van der Waals surface area contributed by atoms with Crippen molar-refractivity contribution in [2.75, 3.05) is 32.9 Å². The Morgan fingerprint density at radius 1 is 0.441 bits per heavy atom. The van der Waals surface area contributed by atoms with Crippen molar-refractivity contribution in [1.82, 2.24) is 4.90 Å². The van der Waals surface area contributed by atoms with Crippen LogP contribution in [0, 0.1) is 11.8 Å². The van der Waals surface area contributed by atoms with Crippen molar-refractivity contribution in [2.24, 2.45) is 11.8 Å². The van der Waals surface area contributed by atoms with Gasteiger partial charge in [-0.1, -0.05) is 208 Å². The number of carbonyl (C=O) groups excluding carboxylic acids is 2. The highest BCUT2D eigenvalue weighted by atomic mass is 16.5. The van der Waals surface area contributed by atoms with Crippen LogP contribution in [0.2, 0.25) is 0 Å². The van der Waals surface area contributed by atoms with Crippen molar-refractivity contribution in [3.8, 4) is 0 Å². The molecular formula is C53H103NO5. The molecule has 0 N–H and O–H groups in total. The fourth-order valence-corrected chi connectivity index (χ4v) is 8.40. The van der Waals surface area contributed by atoms with Gasteiger partial charge in [-0.25, -0.2) is 0 Å². The minimum absolute atomic E-state index is 0.0359. The van der Waals surface area contributed by atoms with Crippen LogP contribution in [0.25, 0.3) is 0 Å². The molecule has 0 aromatic carbocycles. The summed E-state index contributed by atoms with van der Waals surface area (Å²) >= 11 is 0. The summed E-state index contributed by atoms with van der Waals surface area (Å²) in [5.74, 6) is 2.53. The first-order chi connectivity index (χ1) is 28.9. The summed E-state index contributed by atoms with van der Waals surface area (Å²) in [6, 6.07) is 0. The van der Waals surface area contributed by atoms with Gasteiger partial charge in [0.15, 0.2) is 0 Å². The number of amides is 1. The molecular weight excluding hydrogens is 731 g/mol. The van der Waals surface area contributed by atoms with Crippen molar-refractivity contribution < 1.29 is 23.8 Å². The van der Waals surface area contributed by atoms with E-state index in [1.807, 2.05) is 4.90 Å². The summed E-state index contributed by atoms with van der Waals surface area (Å²) < 4.78 is 18.2. The van der Waals surface area contributed by atoms with E-state index in [4.69, 9.17) is 14.2 Å². The van der Waals surface area contributed by atoms with Gasteiger partial charge in [0.25, 0.3) is 5.91 Å². The van der Waals surface area contributed by atoms with Gasteiger partial charge >= 0.3 is 5.97 Å². The lowest BCUT2D eigenvalue weighted by Gasteiger charge is -2.27. The first-order valence-corrected chi connectivity index (χ1v) is 26.2. The fraction of sp³-hybridized carbons (Fsp3) is 0.925. The normalized spacial score (nSPS) is 12.1. The molecule has 0 spiro atoms. The number of carbonyl (C=O) groups is 2. The minimum atomic E-state index is -0.362. The number of allylic oxidation sites excluding steroid dienone is 1. The van der Waals surface area contributed by atoms with E-state index in [0.717, 1.165) is 115 Å². The van der Waals surface area contributed by atoms with Gasteiger partial charge < -0.3 is 19.1 Å². The maximum atomic E-state index is 13.8. The Morgan fingerprint density at radius 3 is 1.41 bits per heavy atom. The molecule has 0 bridgehead atoms. The van der Waals surface area contributed by atoms with Crippen LogP contribution >= 0.6 is 0 Å². The lowest BCUT2D eigenvalue weighted by Crippen LogP contribution is -2.41. The number of likely N-dealkylation sites (N-methyl/N-ethyl adjacent to an activating group) is 1. The number of rotatable bonds is 47. The molecule has 1 amide bonds. The monoisotopic (exact) mass is 834 g/mol. The van der Waals surface area contributed by atoms with Crippen LogP contribution in [0.3, 0.4) is 0 Å². The summed E-state index contributed by atoms with van der Waals surface area (Å²) in [4.78, 5) is 28.3. The third-order valence-corrected chi connectivity index (χ3v) is 12.5. The Bertz CT molecular complexity index is 904. The zero-order chi connectivity index (χ0) is 43.4. The Balaban J connectivity index is 4.68. The topological polar surface area (TPSA) is 65.1 Å². The third-order valence-electron chi connectivity index (χ3n) is 12.5. The molecule has 0 rings (SSSR count). The Hall–Kier alpha value is -1.56. The molecule has 0 fully saturated rings. The van der Waals surface area contributed by atoms with Crippen LogP contribution in [0.4, 0.5) is 0 Å². The first kappa shape index (κ1) is 57.4. The lowest BCUT2D eigenvalue weighted by molar-refractivity contribution is -0.145. The second-order valence-electron chi connectivity index (χ2n) is 18.1. The largest absolute Gasteiger partial charge is 0.499 e. The van der Waals surface area contributed by atoms with E-state index in [1.165, 1.54) is 135 Å². The molecule has 6 nitrogen and oxygen atoms in total. The third kappa shape index (κ3) is 36.8. The summed E-state index contributed by atoms with van der Waals surface area (Å²) in [5.41, 5.74) is 0. The van der Waals surface area contributed by atoms with Gasteiger partial charge in [-0.05, 0) is 63.7 Å². The zero-order valence-corrected chi connectivity index (χ0v) is 40.7. The summed E-state index contributed by atoms with van der Waals surface area (Å²) in [6.07, 6.45) is 40.3. The van der Waals surface area contributed by atoms with E-state index < -0.39 is 0 Å². The number of nitrogens with zero attached hydrogens (tertiary/aromatic N) is 1. The minimum Gasteiger partial charge on any atom is -0.499 e. The summed E-state index contributed by atoms with van der Waals surface area (Å²) in [7, 11) is 0. The maximum absolute atomic E-state index is 13.8. The molecule has 0 aliphatic rings. The highest BCUT2D eigenvalue weighted by molar-refractivity contribution is 5.80. The van der Waals surface area contributed by atoms with Crippen molar-refractivity contribution in [3.63, 3.8) is 0 Å². The van der Waals surface area contributed by atoms with Crippen LogP contribution in [0.15, 0.2) is 12.3 Å². The van der Waals surface area contributed by atoms with Gasteiger partial charge in [0.1, 0.15) is 6.10 Å². The molecule has 59 heavy (non-hydrogen) atoms. The van der Waals surface area contributed by atoms with Crippen LogP contribution in [-0.4, -0.2) is 55.8 Å². The smallest absolute Gasteiger partial charge is 0.305 e. The second kappa shape index (κ2) is 44.5.